The van der Waals surface area contributed by atoms with Crippen LogP contribution in [0.2, 0.25) is 0 Å². The number of rotatable bonds is 5. The number of hydrogen-bond donors (Lipinski definition) is 1. The highest BCUT2D eigenvalue weighted by molar-refractivity contribution is 14.1. The van der Waals surface area contributed by atoms with Crippen LogP contribution in [0.3, 0.4) is 0 Å². The van der Waals surface area contributed by atoms with Gasteiger partial charge in [-0.15, -0.1) is 0 Å². The maximum atomic E-state index is 12.8. The highest BCUT2D eigenvalue weighted by Crippen LogP contribution is 2.24. The second kappa shape index (κ2) is 8.58. The SMILES string of the molecule is O=C(N/N=C/c1ccccc1I)C(c1ccccc1)c1ccccc1. The minimum atomic E-state index is -0.394. The number of amides is 1. The number of carbonyl (C=O) groups is 1. The lowest BCUT2D eigenvalue weighted by Gasteiger charge is -2.16. The summed E-state index contributed by atoms with van der Waals surface area (Å²) in [6.45, 7) is 0. The van der Waals surface area contributed by atoms with Crippen LogP contribution in [0.1, 0.15) is 22.6 Å². The van der Waals surface area contributed by atoms with E-state index in [9.17, 15) is 4.79 Å². The lowest BCUT2D eigenvalue weighted by Crippen LogP contribution is -2.26. The van der Waals surface area contributed by atoms with Gasteiger partial charge in [0.05, 0.1) is 12.1 Å². The highest BCUT2D eigenvalue weighted by Gasteiger charge is 2.22. The number of benzene rings is 3. The standard InChI is InChI=1S/C21H17IN2O/c22-19-14-8-7-13-18(19)15-23-24-21(25)20(16-9-3-1-4-10-16)17-11-5-2-6-12-17/h1-15,20H,(H,24,25)/b23-15+. The molecule has 0 aliphatic heterocycles. The van der Waals surface area contributed by atoms with Gasteiger partial charge in [-0.1, -0.05) is 78.9 Å². The van der Waals surface area contributed by atoms with Gasteiger partial charge in [-0.3, -0.25) is 4.79 Å². The summed E-state index contributed by atoms with van der Waals surface area (Å²) in [5.41, 5.74) is 5.54. The predicted molar refractivity (Wildman–Crippen MR) is 110 cm³/mol. The van der Waals surface area contributed by atoms with Gasteiger partial charge in [0.2, 0.25) is 0 Å². The largest absolute Gasteiger partial charge is 0.272 e. The molecule has 0 saturated carbocycles. The summed E-state index contributed by atoms with van der Waals surface area (Å²) in [5, 5.41) is 4.14. The summed E-state index contributed by atoms with van der Waals surface area (Å²) in [6, 6.07) is 27.4. The van der Waals surface area contributed by atoms with Crippen molar-refractivity contribution in [1.29, 1.82) is 0 Å². The van der Waals surface area contributed by atoms with Crippen LogP contribution in [-0.2, 0) is 4.79 Å². The van der Waals surface area contributed by atoms with Gasteiger partial charge in [-0.05, 0) is 39.8 Å². The van der Waals surface area contributed by atoms with Gasteiger partial charge in [-0.25, -0.2) is 5.43 Å². The smallest absolute Gasteiger partial charge is 0.252 e. The third-order valence-corrected chi connectivity index (χ3v) is 4.79. The molecule has 1 N–H and O–H groups in total. The fourth-order valence-electron chi connectivity index (χ4n) is 2.60. The molecule has 0 radical (unpaired) electrons. The normalized spacial score (nSPS) is 11.0. The van der Waals surface area contributed by atoms with Crippen LogP contribution in [0.5, 0.6) is 0 Å². The van der Waals surface area contributed by atoms with Crippen molar-refractivity contribution in [2.45, 2.75) is 5.92 Å². The van der Waals surface area contributed by atoms with Gasteiger partial charge in [0.15, 0.2) is 0 Å². The van der Waals surface area contributed by atoms with E-state index < -0.39 is 5.92 Å². The molecule has 0 unspecified atom stereocenters. The Hall–Kier alpha value is -2.47. The lowest BCUT2D eigenvalue weighted by molar-refractivity contribution is -0.121. The summed E-state index contributed by atoms with van der Waals surface area (Å²) in [6.07, 6.45) is 1.67. The highest BCUT2D eigenvalue weighted by atomic mass is 127. The lowest BCUT2D eigenvalue weighted by atomic mass is 9.91. The first-order chi connectivity index (χ1) is 12.3. The Bertz CT molecular complexity index is 824. The van der Waals surface area contributed by atoms with Crippen molar-refractivity contribution < 1.29 is 4.79 Å². The zero-order valence-electron chi connectivity index (χ0n) is 13.5. The van der Waals surface area contributed by atoms with Gasteiger partial charge in [0.1, 0.15) is 0 Å². The first kappa shape index (κ1) is 17.4. The molecule has 3 nitrogen and oxygen atoms in total. The third-order valence-electron chi connectivity index (χ3n) is 3.81. The van der Waals surface area contributed by atoms with Crippen molar-refractivity contribution in [3.05, 3.63) is 105 Å². The molecule has 25 heavy (non-hydrogen) atoms. The van der Waals surface area contributed by atoms with E-state index in [1.807, 2.05) is 84.9 Å². The van der Waals surface area contributed by atoms with Crippen LogP contribution in [0.15, 0.2) is 90.0 Å². The molecular formula is C21H17IN2O. The average Bonchev–Trinajstić information content (AvgIpc) is 2.65. The molecule has 0 aliphatic carbocycles. The average molecular weight is 440 g/mol. The molecule has 124 valence electrons. The topological polar surface area (TPSA) is 41.5 Å². The van der Waals surface area contributed by atoms with E-state index >= 15 is 0 Å². The van der Waals surface area contributed by atoms with E-state index in [0.29, 0.717) is 0 Å². The molecule has 3 rings (SSSR count). The van der Waals surface area contributed by atoms with E-state index in [1.165, 1.54) is 0 Å². The van der Waals surface area contributed by atoms with E-state index in [4.69, 9.17) is 0 Å². The van der Waals surface area contributed by atoms with Crippen LogP contribution in [0.4, 0.5) is 0 Å². The molecule has 0 spiro atoms. The van der Waals surface area contributed by atoms with Crippen molar-refractivity contribution in [2.75, 3.05) is 0 Å². The molecule has 3 aromatic rings. The minimum absolute atomic E-state index is 0.153. The fraction of sp³-hybridized carbons (Fsp3) is 0.0476. The number of carbonyl (C=O) groups excluding carboxylic acids is 1. The molecule has 0 heterocycles. The van der Waals surface area contributed by atoms with Crippen molar-refractivity contribution in [3.8, 4) is 0 Å². The summed E-state index contributed by atoms with van der Waals surface area (Å²) in [7, 11) is 0. The molecule has 0 fully saturated rings. The number of nitrogens with one attached hydrogen (secondary N) is 1. The molecule has 0 saturated heterocycles. The number of hydrogen-bond acceptors (Lipinski definition) is 2. The molecule has 0 aliphatic rings. The summed E-state index contributed by atoms with van der Waals surface area (Å²) in [4.78, 5) is 12.8. The molecule has 1 amide bonds. The number of halogens is 1. The van der Waals surface area contributed by atoms with Gasteiger partial charge in [0, 0.05) is 9.13 Å². The molecule has 0 atom stereocenters. The monoisotopic (exact) mass is 440 g/mol. The second-order valence-electron chi connectivity index (χ2n) is 5.51. The van der Waals surface area contributed by atoms with E-state index in [1.54, 1.807) is 6.21 Å². The summed E-state index contributed by atoms with van der Waals surface area (Å²) < 4.78 is 1.08. The Labute approximate surface area is 160 Å². The third kappa shape index (κ3) is 4.54. The zero-order chi connectivity index (χ0) is 17.5. The van der Waals surface area contributed by atoms with Gasteiger partial charge >= 0.3 is 0 Å². The van der Waals surface area contributed by atoms with E-state index in [2.05, 4.69) is 33.1 Å². The maximum absolute atomic E-state index is 12.8. The van der Waals surface area contributed by atoms with E-state index in [0.717, 1.165) is 20.3 Å². The number of hydrazone groups is 1. The second-order valence-corrected chi connectivity index (χ2v) is 6.67. The number of nitrogens with zero attached hydrogens (tertiary/aromatic N) is 1. The molecule has 4 heteroatoms. The Morgan fingerprint density at radius 2 is 1.36 bits per heavy atom. The Morgan fingerprint density at radius 3 is 1.92 bits per heavy atom. The molecule has 0 aromatic heterocycles. The minimum Gasteiger partial charge on any atom is -0.272 e. The Morgan fingerprint density at radius 1 is 0.840 bits per heavy atom. The van der Waals surface area contributed by atoms with E-state index in [-0.39, 0.29) is 5.91 Å². The van der Waals surface area contributed by atoms with Crippen molar-refractivity contribution >= 4 is 34.7 Å². The maximum Gasteiger partial charge on any atom is 0.252 e. The Balaban J connectivity index is 1.82. The first-order valence-corrected chi connectivity index (χ1v) is 9.01. The van der Waals surface area contributed by atoms with Crippen molar-refractivity contribution in [2.24, 2.45) is 5.10 Å². The predicted octanol–water partition coefficient (Wildman–Crippen LogP) is 4.57. The van der Waals surface area contributed by atoms with Gasteiger partial charge < -0.3 is 0 Å². The first-order valence-electron chi connectivity index (χ1n) is 7.93. The summed E-state index contributed by atoms with van der Waals surface area (Å²) in [5.74, 6) is -0.547. The van der Waals surface area contributed by atoms with Gasteiger partial charge in [-0.2, -0.15) is 5.10 Å². The molecule has 3 aromatic carbocycles. The fourth-order valence-corrected chi connectivity index (χ4v) is 3.12. The van der Waals surface area contributed by atoms with Crippen molar-refractivity contribution in [3.63, 3.8) is 0 Å². The van der Waals surface area contributed by atoms with Crippen LogP contribution in [0.25, 0.3) is 0 Å². The van der Waals surface area contributed by atoms with Crippen LogP contribution in [0, 0.1) is 3.57 Å². The molecule has 0 bridgehead atoms. The zero-order valence-corrected chi connectivity index (χ0v) is 15.6. The van der Waals surface area contributed by atoms with Crippen LogP contribution < -0.4 is 5.43 Å². The summed E-state index contributed by atoms with van der Waals surface area (Å²) >= 11 is 2.25. The Kier molecular flexibility index (Phi) is 5.95. The quantitative estimate of drug-likeness (QED) is 0.353. The van der Waals surface area contributed by atoms with Gasteiger partial charge in [0.25, 0.3) is 5.91 Å². The van der Waals surface area contributed by atoms with Crippen molar-refractivity contribution in [1.82, 2.24) is 5.43 Å². The molecular weight excluding hydrogens is 423 g/mol. The van der Waals surface area contributed by atoms with Crippen LogP contribution in [-0.4, -0.2) is 12.1 Å². The van der Waals surface area contributed by atoms with Crippen LogP contribution >= 0.6 is 22.6 Å².